The van der Waals surface area contributed by atoms with E-state index >= 15 is 0 Å². The molecule has 5 rings (SSSR count). The maximum atomic E-state index is 13.2. The zero-order valence-corrected chi connectivity index (χ0v) is 20.4. The van der Waals surface area contributed by atoms with Crippen LogP contribution in [0.1, 0.15) is 38.5 Å². The van der Waals surface area contributed by atoms with Gasteiger partial charge in [-0.2, -0.15) is 0 Å². The second-order valence-electron chi connectivity index (χ2n) is 9.75. The number of nitrogens with zero attached hydrogens (tertiary/aromatic N) is 3. The van der Waals surface area contributed by atoms with E-state index in [0.717, 1.165) is 53.7 Å². The normalized spacial score (nSPS) is 17.2. The number of fused-ring (bicyclic) bond motifs is 3. The number of benzene rings is 2. The largest absolute Gasteiger partial charge is 0.494 e. The fourth-order valence-electron chi connectivity index (χ4n) is 5.39. The van der Waals surface area contributed by atoms with E-state index in [0.29, 0.717) is 18.6 Å². The van der Waals surface area contributed by atoms with Crippen LogP contribution in [-0.4, -0.2) is 66.8 Å². The number of likely N-dealkylation sites (tertiary alicyclic amines) is 2. The maximum Gasteiger partial charge on any atom is 0.258 e. The van der Waals surface area contributed by atoms with Gasteiger partial charge in [-0.25, -0.2) is 0 Å². The molecular formula is C28H37N3O3. The van der Waals surface area contributed by atoms with Crippen LogP contribution in [0.3, 0.4) is 0 Å². The van der Waals surface area contributed by atoms with Crippen molar-refractivity contribution in [3.63, 3.8) is 0 Å². The van der Waals surface area contributed by atoms with Gasteiger partial charge in [0.2, 0.25) is 0 Å². The summed E-state index contributed by atoms with van der Waals surface area (Å²) in [7, 11) is 1.84. The molecule has 0 radical (unpaired) electrons. The number of aryl methyl sites for hydroxylation is 1. The van der Waals surface area contributed by atoms with Crippen LogP contribution in [0.25, 0.3) is 21.7 Å². The minimum absolute atomic E-state index is 0.00352. The van der Waals surface area contributed by atoms with Crippen molar-refractivity contribution in [2.45, 2.75) is 38.5 Å². The first-order chi connectivity index (χ1) is 16.7. The van der Waals surface area contributed by atoms with Crippen molar-refractivity contribution in [2.24, 2.45) is 7.05 Å². The van der Waals surface area contributed by atoms with E-state index in [-0.39, 0.29) is 5.56 Å². The van der Waals surface area contributed by atoms with Crippen LogP contribution < -0.4 is 15.0 Å². The molecule has 0 saturated carbocycles. The van der Waals surface area contributed by atoms with Crippen LogP contribution in [-0.2, 0) is 7.05 Å². The summed E-state index contributed by atoms with van der Waals surface area (Å²) in [6, 6.07) is 12.0. The molecule has 182 valence electrons. The Kier molecular flexibility index (Phi) is 7.36. The highest BCUT2D eigenvalue weighted by Gasteiger charge is 2.13. The molecule has 0 N–H and O–H groups in total. The van der Waals surface area contributed by atoms with Crippen molar-refractivity contribution in [3.05, 3.63) is 46.8 Å². The molecule has 2 saturated heterocycles. The quantitative estimate of drug-likeness (QED) is 0.329. The van der Waals surface area contributed by atoms with Crippen molar-refractivity contribution in [1.29, 1.82) is 0 Å². The van der Waals surface area contributed by atoms with Gasteiger partial charge in [0.1, 0.15) is 11.5 Å². The molecule has 0 bridgehead atoms. The standard InChI is InChI=1S/C28H37N3O3/c1-29-27-21-23(34-19-7-17-31-14-4-5-15-31)9-11-25(27)24-10-8-22(20-26(24)28(29)32)33-18-6-16-30-12-2-3-13-30/h8-11,20-21H,2-7,12-19H2,1H3. The van der Waals surface area contributed by atoms with Crippen LogP contribution in [0.4, 0.5) is 0 Å². The van der Waals surface area contributed by atoms with Gasteiger partial charge in [-0.05, 0) is 100 Å². The lowest BCUT2D eigenvalue weighted by Gasteiger charge is -2.16. The molecule has 1 aromatic heterocycles. The highest BCUT2D eigenvalue weighted by molar-refractivity contribution is 6.06. The molecule has 0 unspecified atom stereocenters. The van der Waals surface area contributed by atoms with Crippen molar-refractivity contribution >= 4 is 21.7 Å². The summed E-state index contributed by atoms with van der Waals surface area (Å²) in [4.78, 5) is 18.2. The molecule has 2 fully saturated rings. The summed E-state index contributed by atoms with van der Waals surface area (Å²) < 4.78 is 13.7. The highest BCUT2D eigenvalue weighted by Crippen LogP contribution is 2.28. The topological polar surface area (TPSA) is 46.9 Å². The van der Waals surface area contributed by atoms with Gasteiger partial charge >= 0.3 is 0 Å². The molecule has 0 aliphatic carbocycles. The van der Waals surface area contributed by atoms with Crippen molar-refractivity contribution in [1.82, 2.24) is 14.4 Å². The van der Waals surface area contributed by atoms with E-state index in [2.05, 4.69) is 15.9 Å². The lowest BCUT2D eigenvalue weighted by Crippen LogP contribution is -2.22. The molecule has 6 heteroatoms. The predicted octanol–water partition coefficient (Wildman–Crippen LogP) is 4.42. The van der Waals surface area contributed by atoms with Crippen molar-refractivity contribution in [2.75, 3.05) is 52.5 Å². The highest BCUT2D eigenvalue weighted by atomic mass is 16.5. The fourth-order valence-corrected chi connectivity index (χ4v) is 5.39. The Morgan fingerprint density at radius 3 is 1.82 bits per heavy atom. The number of ether oxygens (including phenoxy) is 2. The number of aromatic nitrogens is 1. The van der Waals surface area contributed by atoms with Crippen LogP contribution in [0, 0.1) is 0 Å². The van der Waals surface area contributed by atoms with Gasteiger partial charge in [0.05, 0.1) is 24.1 Å². The van der Waals surface area contributed by atoms with Gasteiger partial charge in [0.25, 0.3) is 5.56 Å². The molecule has 3 heterocycles. The van der Waals surface area contributed by atoms with Gasteiger partial charge in [-0.15, -0.1) is 0 Å². The molecule has 2 aromatic carbocycles. The van der Waals surface area contributed by atoms with Gasteiger partial charge in [-0.3, -0.25) is 4.79 Å². The minimum Gasteiger partial charge on any atom is -0.494 e. The van der Waals surface area contributed by atoms with Crippen LogP contribution in [0.2, 0.25) is 0 Å². The lowest BCUT2D eigenvalue weighted by atomic mass is 10.1. The van der Waals surface area contributed by atoms with E-state index in [1.54, 1.807) is 4.57 Å². The minimum atomic E-state index is -0.00352. The summed E-state index contributed by atoms with van der Waals surface area (Å²) in [6.45, 7) is 8.42. The maximum absolute atomic E-state index is 13.2. The first-order valence-corrected chi connectivity index (χ1v) is 13.0. The van der Waals surface area contributed by atoms with Crippen molar-refractivity contribution in [3.8, 4) is 11.5 Å². The Morgan fingerprint density at radius 1 is 0.706 bits per heavy atom. The second-order valence-corrected chi connectivity index (χ2v) is 9.75. The van der Waals surface area contributed by atoms with Crippen LogP contribution >= 0.6 is 0 Å². The molecule has 0 amide bonds. The number of pyridine rings is 1. The Bertz CT molecular complexity index is 1180. The SMILES string of the molecule is Cn1c(=O)c2cc(OCCCN3CCCC3)ccc2c2ccc(OCCCN3CCCC3)cc21. The summed E-state index contributed by atoms with van der Waals surface area (Å²) in [5.74, 6) is 1.59. The first-order valence-electron chi connectivity index (χ1n) is 13.0. The molecule has 2 aliphatic heterocycles. The van der Waals surface area contributed by atoms with E-state index in [1.807, 2.05) is 37.4 Å². The lowest BCUT2D eigenvalue weighted by molar-refractivity contribution is 0.263. The smallest absolute Gasteiger partial charge is 0.258 e. The summed E-state index contributed by atoms with van der Waals surface area (Å²) >= 11 is 0. The Labute approximate surface area is 202 Å². The van der Waals surface area contributed by atoms with Gasteiger partial charge < -0.3 is 23.8 Å². The molecule has 3 aromatic rings. The Balaban J connectivity index is 1.26. The van der Waals surface area contributed by atoms with Gasteiger partial charge in [-0.1, -0.05) is 0 Å². The first kappa shape index (κ1) is 23.2. The summed E-state index contributed by atoms with van der Waals surface area (Å²) in [5, 5.41) is 2.72. The Hall–Kier alpha value is -2.57. The zero-order valence-electron chi connectivity index (χ0n) is 20.4. The van der Waals surface area contributed by atoms with Crippen LogP contribution in [0.5, 0.6) is 11.5 Å². The molecule has 6 nitrogen and oxygen atoms in total. The third-order valence-corrected chi connectivity index (χ3v) is 7.32. The van der Waals surface area contributed by atoms with E-state index in [9.17, 15) is 4.79 Å². The molecular weight excluding hydrogens is 426 g/mol. The van der Waals surface area contributed by atoms with Gasteiger partial charge in [0, 0.05) is 31.6 Å². The van der Waals surface area contributed by atoms with E-state index in [4.69, 9.17) is 9.47 Å². The van der Waals surface area contributed by atoms with Gasteiger partial charge in [0.15, 0.2) is 0 Å². The number of rotatable bonds is 10. The zero-order chi connectivity index (χ0) is 23.3. The summed E-state index contributed by atoms with van der Waals surface area (Å²) in [5.41, 5.74) is 0.894. The fraction of sp³-hybridized carbons (Fsp3) is 0.536. The Morgan fingerprint density at radius 2 is 1.24 bits per heavy atom. The monoisotopic (exact) mass is 463 g/mol. The summed E-state index contributed by atoms with van der Waals surface area (Å²) in [6.07, 6.45) is 7.30. The van der Waals surface area contributed by atoms with Crippen molar-refractivity contribution < 1.29 is 9.47 Å². The second kappa shape index (κ2) is 10.8. The predicted molar refractivity (Wildman–Crippen MR) is 138 cm³/mol. The van der Waals surface area contributed by atoms with E-state index in [1.165, 1.54) is 51.9 Å². The average Bonchev–Trinajstić information content (AvgIpc) is 3.57. The number of hydrogen-bond acceptors (Lipinski definition) is 5. The number of hydrogen-bond donors (Lipinski definition) is 0. The molecule has 0 spiro atoms. The third kappa shape index (κ3) is 5.23. The van der Waals surface area contributed by atoms with E-state index < -0.39 is 0 Å². The molecule has 34 heavy (non-hydrogen) atoms. The molecule has 2 aliphatic rings. The van der Waals surface area contributed by atoms with Crippen LogP contribution in [0.15, 0.2) is 41.2 Å². The third-order valence-electron chi connectivity index (χ3n) is 7.32. The molecule has 0 atom stereocenters. The average molecular weight is 464 g/mol.